The molecule has 0 unspecified atom stereocenters. The zero-order valence-corrected chi connectivity index (χ0v) is 12.9. The predicted molar refractivity (Wildman–Crippen MR) is 82.6 cm³/mol. The van der Waals surface area contributed by atoms with Crippen LogP contribution >= 0.6 is 23.2 Å². The molecule has 0 aliphatic heterocycles. The predicted octanol–water partition coefficient (Wildman–Crippen LogP) is 4.93. The number of hydrogen-bond donors (Lipinski definition) is 1. The number of benzene rings is 2. The average Bonchev–Trinajstić information content (AvgIpc) is 2.37. The molecule has 2 aromatic carbocycles. The van der Waals surface area contributed by atoms with E-state index in [9.17, 15) is 5.11 Å². The molecular formula is C16H16Cl2O2. The van der Waals surface area contributed by atoms with Gasteiger partial charge in [-0.25, -0.2) is 0 Å². The highest BCUT2D eigenvalue weighted by Gasteiger charge is 2.11. The van der Waals surface area contributed by atoms with E-state index in [0.717, 1.165) is 16.7 Å². The first-order valence-electron chi connectivity index (χ1n) is 6.33. The topological polar surface area (TPSA) is 29.5 Å². The molecule has 0 aliphatic carbocycles. The highest BCUT2D eigenvalue weighted by molar-refractivity contribution is 6.35. The van der Waals surface area contributed by atoms with Crippen LogP contribution < -0.4 is 4.74 Å². The summed E-state index contributed by atoms with van der Waals surface area (Å²) in [6.45, 7) is 3.95. The molecule has 2 nitrogen and oxygen atoms in total. The second-order valence-corrected chi connectivity index (χ2v) is 5.52. The Morgan fingerprint density at radius 2 is 1.80 bits per heavy atom. The van der Waals surface area contributed by atoms with Crippen LogP contribution in [0.3, 0.4) is 0 Å². The molecule has 0 radical (unpaired) electrons. The zero-order chi connectivity index (χ0) is 14.7. The van der Waals surface area contributed by atoms with Gasteiger partial charge in [-0.15, -0.1) is 0 Å². The van der Waals surface area contributed by atoms with Crippen molar-refractivity contribution in [3.63, 3.8) is 0 Å². The van der Waals surface area contributed by atoms with Crippen LogP contribution in [-0.2, 0) is 6.61 Å². The van der Waals surface area contributed by atoms with Crippen molar-refractivity contribution in [2.75, 3.05) is 0 Å². The maximum atomic E-state index is 9.77. The van der Waals surface area contributed by atoms with Gasteiger partial charge in [-0.1, -0.05) is 41.4 Å². The van der Waals surface area contributed by atoms with Crippen LogP contribution in [0.25, 0.3) is 0 Å². The Labute approximate surface area is 128 Å². The van der Waals surface area contributed by atoms with Gasteiger partial charge < -0.3 is 9.84 Å². The van der Waals surface area contributed by atoms with Crippen LogP contribution in [0.4, 0.5) is 0 Å². The third kappa shape index (κ3) is 3.45. The monoisotopic (exact) mass is 310 g/mol. The van der Waals surface area contributed by atoms with Crippen molar-refractivity contribution >= 4 is 23.2 Å². The van der Waals surface area contributed by atoms with Crippen molar-refractivity contribution in [1.82, 2.24) is 0 Å². The molecule has 0 aliphatic rings. The molecule has 0 bridgehead atoms. The van der Waals surface area contributed by atoms with Crippen molar-refractivity contribution in [3.8, 4) is 5.75 Å². The lowest BCUT2D eigenvalue weighted by Gasteiger charge is -2.15. The summed E-state index contributed by atoms with van der Waals surface area (Å²) in [4.78, 5) is 0. The summed E-state index contributed by atoms with van der Waals surface area (Å²) in [5.41, 5.74) is 2.56. The standard InChI is InChI=1S/C16H16Cl2O2/c1-10-6-7-12(11(2)19)16(8-10)20-9-13-14(17)4-3-5-15(13)18/h3-8,11,19H,9H2,1-2H3/t11-/m0/s1. The minimum atomic E-state index is -0.590. The molecular weight excluding hydrogens is 295 g/mol. The molecule has 4 heteroatoms. The van der Waals surface area contributed by atoms with E-state index in [1.54, 1.807) is 25.1 Å². The van der Waals surface area contributed by atoms with Crippen molar-refractivity contribution in [2.24, 2.45) is 0 Å². The Morgan fingerprint density at radius 3 is 2.40 bits per heavy atom. The molecule has 0 amide bonds. The van der Waals surface area contributed by atoms with E-state index in [2.05, 4.69) is 0 Å². The minimum absolute atomic E-state index is 0.266. The van der Waals surface area contributed by atoms with E-state index in [0.29, 0.717) is 15.8 Å². The summed E-state index contributed by atoms with van der Waals surface area (Å²) in [5, 5.41) is 10.9. The normalized spacial score (nSPS) is 12.2. The summed E-state index contributed by atoms with van der Waals surface area (Å²) >= 11 is 12.2. The summed E-state index contributed by atoms with van der Waals surface area (Å²) in [7, 11) is 0. The summed E-state index contributed by atoms with van der Waals surface area (Å²) in [6.07, 6.45) is -0.590. The third-order valence-electron chi connectivity index (χ3n) is 3.05. The summed E-state index contributed by atoms with van der Waals surface area (Å²) < 4.78 is 5.80. The molecule has 1 N–H and O–H groups in total. The smallest absolute Gasteiger partial charge is 0.125 e. The number of aliphatic hydroxyl groups is 1. The Kier molecular flexibility index (Phi) is 4.92. The molecule has 0 saturated carbocycles. The van der Waals surface area contributed by atoms with Gasteiger partial charge in [-0.2, -0.15) is 0 Å². The average molecular weight is 311 g/mol. The molecule has 106 valence electrons. The van der Waals surface area contributed by atoms with Gasteiger partial charge in [0.2, 0.25) is 0 Å². The fourth-order valence-electron chi connectivity index (χ4n) is 1.93. The fraction of sp³-hybridized carbons (Fsp3) is 0.250. The van der Waals surface area contributed by atoms with Gasteiger partial charge in [-0.3, -0.25) is 0 Å². The maximum Gasteiger partial charge on any atom is 0.125 e. The van der Waals surface area contributed by atoms with Crippen LogP contribution in [0.5, 0.6) is 5.75 Å². The van der Waals surface area contributed by atoms with Crippen LogP contribution in [0.2, 0.25) is 10.0 Å². The molecule has 2 aromatic rings. The Hall–Kier alpha value is -1.22. The van der Waals surface area contributed by atoms with E-state index in [1.807, 2.05) is 25.1 Å². The van der Waals surface area contributed by atoms with Gasteiger partial charge in [0, 0.05) is 21.2 Å². The summed E-state index contributed by atoms with van der Waals surface area (Å²) in [6, 6.07) is 11.0. The van der Waals surface area contributed by atoms with E-state index >= 15 is 0 Å². The van der Waals surface area contributed by atoms with Gasteiger partial charge >= 0.3 is 0 Å². The Morgan fingerprint density at radius 1 is 1.15 bits per heavy atom. The van der Waals surface area contributed by atoms with E-state index in [4.69, 9.17) is 27.9 Å². The van der Waals surface area contributed by atoms with E-state index in [-0.39, 0.29) is 6.61 Å². The molecule has 2 rings (SSSR count). The van der Waals surface area contributed by atoms with Crippen LogP contribution in [0.1, 0.15) is 29.7 Å². The molecule has 20 heavy (non-hydrogen) atoms. The lowest BCUT2D eigenvalue weighted by molar-refractivity contribution is 0.190. The van der Waals surface area contributed by atoms with Gasteiger partial charge in [-0.05, 0) is 37.6 Å². The number of aryl methyl sites for hydroxylation is 1. The van der Waals surface area contributed by atoms with E-state index < -0.39 is 6.10 Å². The lowest BCUT2D eigenvalue weighted by atomic mass is 10.1. The van der Waals surface area contributed by atoms with Crippen molar-refractivity contribution in [1.29, 1.82) is 0 Å². The number of halogens is 2. The molecule has 0 heterocycles. The first kappa shape index (κ1) is 15.2. The molecule has 0 aromatic heterocycles. The maximum absolute atomic E-state index is 9.77. The highest BCUT2D eigenvalue weighted by Crippen LogP contribution is 2.30. The number of ether oxygens (including phenoxy) is 1. The molecule has 1 atom stereocenters. The van der Waals surface area contributed by atoms with E-state index in [1.165, 1.54) is 0 Å². The number of aliphatic hydroxyl groups excluding tert-OH is 1. The quantitative estimate of drug-likeness (QED) is 0.867. The first-order chi connectivity index (χ1) is 9.49. The van der Waals surface area contributed by atoms with Gasteiger partial charge in [0.05, 0.1) is 6.10 Å². The molecule has 0 saturated heterocycles. The second kappa shape index (κ2) is 6.49. The van der Waals surface area contributed by atoms with Gasteiger partial charge in [0.25, 0.3) is 0 Å². The number of hydrogen-bond acceptors (Lipinski definition) is 2. The van der Waals surface area contributed by atoms with Crippen molar-refractivity contribution < 1.29 is 9.84 Å². The van der Waals surface area contributed by atoms with Crippen molar-refractivity contribution in [2.45, 2.75) is 26.6 Å². The van der Waals surface area contributed by atoms with Crippen LogP contribution in [0.15, 0.2) is 36.4 Å². The summed E-state index contributed by atoms with van der Waals surface area (Å²) in [5.74, 6) is 0.649. The Bertz CT molecular complexity index is 589. The van der Waals surface area contributed by atoms with Crippen molar-refractivity contribution in [3.05, 3.63) is 63.1 Å². The largest absolute Gasteiger partial charge is 0.488 e. The number of rotatable bonds is 4. The minimum Gasteiger partial charge on any atom is -0.488 e. The van der Waals surface area contributed by atoms with Gasteiger partial charge in [0.15, 0.2) is 0 Å². The SMILES string of the molecule is Cc1ccc([C@H](C)O)c(OCc2c(Cl)cccc2Cl)c1. The van der Waals surface area contributed by atoms with Crippen LogP contribution in [0, 0.1) is 6.92 Å². The highest BCUT2D eigenvalue weighted by atomic mass is 35.5. The van der Waals surface area contributed by atoms with Gasteiger partial charge in [0.1, 0.15) is 12.4 Å². The first-order valence-corrected chi connectivity index (χ1v) is 7.09. The second-order valence-electron chi connectivity index (χ2n) is 4.71. The zero-order valence-electron chi connectivity index (χ0n) is 11.4. The molecule has 0 fully saturated rings. The third-order valence-corrected chi connectivity index (χ3v) is 3.76. The molecule has 0 spiro atoms. The van der Waals surface area contributed by atoms with Crippen LogP contribution in [-0.4, -0.2) is 5.11 Å². The Balaban J connectivity index is 2.25. The fourth-order valence-corrected chi connectivity index (χ4v) is 2.44. The lowest BCUT2D eigenvalue weighted by Crippen LogP contribution is -2.02.